The van der Waals surface area contributed by atoms with Crippen LogP contribution in [-0.4, -0.2) is 11.1 Å². The van der Waals surface area contributed by atoms with E-state index in [1.807, 2.05) is 45.0 Å². The molecule has 1 aromatic heterocycles. The van der Waals surface area contributed by atoms with Crippen LogP contribution in [-0.2, 0) is 0 Å². The Bertz CT molecular complexity index is 600. The maximum absolute atomic E-state index is 12.4. The Kier molecular flexibility index (Phi) is 3.69. The Hall–Kier alpha value is -2.10. The molecule has 2 aromatic rings. The molecule has 0 aliphatic carbocycles. The van der Waals surface area contributed by atoms with Crippen molar-refractivity contribution in [2.75, 3.05) is 5.32 Å². The van der Waals surface area contributed by atoms with Crippen LogP contribution < -0.4 is 5.32 Å². The molecule has 0 radical (unpaired) electrons. The molecule has 1 heterocycles. The number of para-hydroxylation sites is 1. The number of amides is 1. The van der Waals surface area contributed by atoms with Gasteiger partial charge in [-0.15, -0.1) is 0 Å². The summed E-state index contributed by atoms with van der Waals surface area (Å²) < 4.78 is 5.24. The number of nitrogens with zero attached hydrogens (tertiary/aromatic N) is 1. The topological polar surface area (TPSA) is 55.1 Å². The van der Waals surface area contributed by atoms with Gasteiger partial charge in [0.2, 0.25) is 0 Å². The van der Waals surface area contributed by atoms with Crippen molar-refractivity contribution in [3.05, 3.63) is 46.8 Å². The quantitative estimate of drug-likeness (QED) is 0.913. The summed E-state index contributed by atoms with van der Waals surface area (Å²) in [6, 6.07) is 7.67. The number of rotatable bonds is 3. The van der Waals surface area contributed by atoms with Crippen molar-refractivity contribution in [2.24, 2.45) is 0 Å². The van der Waals surface area contributed by atoms with E-state index in [0.29, 0.717) is 17.0 Å². The van der Waals surface area contributed by atoms with Crippen molar-refractivity contribution in [1.29, 1.82) is 0 Å². The van der Waals surface area contributed by atoms with E-state index >= 15 is 0 Å². The SMILES string of the molecule is Cc1ccccc1NC(=O)c1c(C)noc1C(C)C. The molecule has 1 amide bonds. The average Bonchev–Trinajstić information content (AvgIpc) is 2.74. The van der Waals surface area contributed by atoms with E-state index in [9.17, 15) is 4.79 Å². The van der Waals surface area contributed by atoms with Crippen LogP contribution in [0, 0.1) is 13.8 Å². The van der Waals surface area contributed by atoms with E-state index < -0.39 is 0 Å². The van der Waals surface area contributed by atoms with Crippen molar-refractivity contribution in [3.63, 3.8) is 0 Å². The fourth-order valence-electron chi connectivity index (χ4n) is 1.96. The first-order chi connectivity index (χ1) is 9.00. The third-order valence-electron chi connectivity index (χ3n) is 3.03. The molecule has 0 spiro atoms. The van der Waals surface area contributed by atoms with Crippen molar-refractivity contribution in [3.8, 4) is 0 Å². The van der Waals surface area contributed by atoms with Crippen LogP contribution in [0.15, 0.2) is 28.8 Å². The second-order valence-electron chi connectivity index (χ2n) is 4.93. The Labute approximate surface area is 112 Å². The van der Waals surface area contributed by atoms with Gasteiger partial charge in [0.15, 0.2) is 5.76 Å². The zero-order chi connectivity index (χ0) is 14.0. The summed E-state index contributed by atoms with van der Waals surface area (Å²) in [4.78, 5) is 12.4. The molecule has 0 unspecified atom stereocenters. The highest BCUT2D eigenvalue weighted by Crippen LogP contribution is 2.24. The standard InChI is InChI=1S/C15H18N2O2/c1-9(2)14-13(11(4)17-19-14)15(18)16-12-8-6-5-7-10(12)3/h5-9H,1-4H3,(H,16,18). The first kappa shape index (κ1) is 13.3. The van der Waals surface area contributed by atoms with E-state index in [2.05, 4.69) is 10.5 Å². The second-order valence-corrected chi connectivity index (χ2v) is 4.93. The molecule has 1 N–H and O–H groups in total. The first-order valence-corrected chi connectivity index (χ1v) is 6.34. The van der Waals surface area contributed by atoms with Crippen molar-refractivity contribution < 1.29 is 9.32 Å². The molecule has 1 aromatic carbocycles. The van der Waals surface area contributed by atoms with Crippen LogP contribution >= 0.6 is 0 Å². The number of carbonyl (C=O) groups excluding carboxylic acids is 1. The van der Waals surface area contributed by atoms with Gasteiger partial charge in [0.1, 0.15) is 5.56 Å². The molecule has 100 valence electrons. The maximum Gasteiger partial charge on any atom is 0.261 e. The van der Waals surface area contributed by atoms with Gasteiger partial charge in [-0.05, 0) is 25.5 Å². The fraction of sp³-hybridized carbons (Fsp3) is 0.333. The highest BCUT2D eigenvalue weighted by Gasteiger charge is 2.22. The number of aryl methyl sites for hydroxylation is 2. The lowest BCUT2D eigenvalue weighted by atomic mass is 10.0. The molecule has 0 saturated carbocycles. The second kappa shape index (κ2) is 5.26. The average molecular weight is 258 g/mol. The van der Waals surface area contributed by atoms with E-state index in [-0.39, 0.29) is 11.8 Å². The summed E-state index contributed by atoms with van der Waals surface area (Å²) in [5.74, 6) is 0.583. The minimum Gasteiger partial charge on any atom is -0.360 e. The smallest absolute Gasteiger partial charge is 0.261 e. The summed E-state index contributed by atoms with van der Waals surface area (Å²) in [6.07, 6.45) is 0. The molecule has 0 atom stereocenters. The van der Waals surface area contributed by atoms with Gasteiger partial charge >= 0.3 is 0 Å². The summed E-state index contributed by atoms with van der Waals surface area (Å²) in [7, 11) is 0. The zero-order valence-corrected chi connectivity index (χ0v) is 11.7. The van der Waals surface area contributed by atoms with Gasteiger partial charge in [0, 0.05) is 11.6 Å². The minimum atomic E-state index is -0.170. The minimum absolute atomic E-state index is 0.124. The van der Waals surface area contributed by atoms with Crippen LogP contribution in [0.1, 0.15) is 47.1 Å². The summed E-state index contributed by atoms with van der Waals surface area (Å²) in [6.45, 7) is 7.69. The predicted molar refractivity (Wildman–Crippen MR) is 74.5 cm³/mol. The van der Waals surface area contributed by atoms with Gasteiger partial charge in [-0.25, -0.2) is 0 Å². The fourth-order valence-corrected chi connectivity index (χ4v) is 1.96. The lowest BCUT2D eigenvalue weighted by Crippen LogP contribution is -2.15. The van der Waals surface area contributed by atoms with Gasteiger partial charge < -0.3 is 9.84 Å². The predicted octanol–water partition coefficient (Wildman–Crippen LogP) is 3.67. The van der Waals surface area contributed by atoms with Crippen LogP contribution in [0.3, 0.4) is 0 Å². The molecule has 0 saturated heterocycles. The molecular formula is C15H18N2O2. The van der Waals surface area contributed by atoms with Crippen molar-refractivity contribution in [2.45, 2.75) is 33.6 Å². The van der Waals surface area contributed by atoms with Crippen LogP contribution in [0.4, 0.5) is 5.69 Å². The molecule has 2 rings (SSSR count). The molecule has 4 nitrogen and oxygen atoms in total. The van der Waals surface area contributed by atoms with Gasteiger partial charge in [0.05, 0.1) is 5.69 Å². The van der Waals surface area contributed by atoms with E-state index in [4.69, 9.17) is 4.52 Å². The Morgan fingerprint density at radius 3 is 2.58 bits per heavy atom. The molecule has 0 aliphatic rings. The monoisotopic (exact) mass is 258 g/mol. The Balaban J connectivity index is 2.31. The summed E-state index contributed by atoms with van der Waals surface area (Å²) in [5.41, 5.74) is 2.99. The van der Waals surface area contributed by atoms with Crippen molar-refractivity contribution >= 4 is 11.6 Å². The number of aromatic nitrogens is 1. The largest absolute Gasteiger partial charge is 0.360 e. The lowest BCUT2D eigenvalue weighted by molar-refractivity contribution is 0.102. The third kappa shape index (κ3) is 2.67. The van der Waals surface area contributed by atoms with Gasteiger partial charge in [0.25, 0.3) is 5.91 Å². The number of carbonyl (C=O) groups is 1. The number of hydrogen-bond donors (Lipinski definition) is 1. The number of benzene rings is 1. The van der Waals surface area contributed by atoms with Gasteiger partial charge in [-0.1, -0.05) is 37.2 Å². The maximum atomic E-state index is 12.4. The van der Waals surface area contributed by atoms with Gasteiger partial charge in [-0.2, -0.15) is 0 Å². The van der Waals surface area contributed by atoms with E-state index in [0.717, 1.165) is 11.3 Å². The van der Waals surface area contributed by atoms with E-state index in [1.165, 1.54) is 0 Å². The molecule has 0 aliphatic heterocycles. The number of nitrogens with one attached hydrogen (secondary N) is 1. The zero-order valence-electron chi connectivity index (χ0n) is 11.7. The lowest BCUT2D eigenvalue weighted by Gasteiger charge is -2.09. The number of anilines is 1. The Morgan fingerprint density at radius 1 is 1.26 bits per heavy atom. The summed E-state index contributed by atoms with van der Waals surface area (Å²) >= 11 is 0. The highest BCUT2D eigenvalue weighted by atomic mass is 16.5. The van der Waals surface area contributed by atoms with Gasteiger partial charge in [-0.3, -0.25) is 4.79 Å². The summed E-state index contributed by atoms with van der Waals surface area (Å²) in [5, 5.41) is 6.80. The Morgan fingerprint density at radius 2 is 1.95 bits per heavy atom. The molecule has 0 fully saturated rings. The van der Waals surface area contributed by atoms with Crippen molar-refractivity contribution in [1.82, 2.24) is 5.16 Å². The van der Waals surface area contributed by atoms with Crippen LogP contribution in [0.5, 0.6) is 0 Å². The number of hydrogen-bond acceptors (Lipinski definition) is 3. The van der Waals surface area contributed by atoms with E-state index in [1.54, 1.807) is 6.92 Å². The molecule has 0 bridgehead atoms. The molecule has 19 heavy (non-hydrogen) atoms. The molecular weight excluding hydrogens is 240 g/mol. The van der Waals surface area contributed by atoms with Crippen LogP contribution in [0.2, 0.25) is 0 Å². The van der Waals surface area contributed by atoms with Crippen LogP contribution in [0.25, 0.3) is 0 Å². The third-order valence-corrected chi connectivity index (χ3v) is 3.03. The normalized spacial score (nSPS) is 10.8. The highest BCUT2D eigenvalue weighted by molar-refractivity contribution is 6.06. The first-order valence-electron chi connectivity index (χ1n) is 6.34. The molecule has 4 heteroatoms.